The zero-order valence-corrected chi connectivity index (χ0v) is 13.9. The number of hydrogen-bond acceptors (Lipinski definition) is 4. The zero-order chi connectivity index (χ0) is 16.3. The van der Waals surface area contributed by atoms with Gasteiger partial charge < -0.3 is 5.32 Å². The number of hydrogen-bond donors (Lipinski definition) is 1. The van der Waals surface area contributed by atoms with Gasteiger partial charge in [0, 0.05) is 24.8 Å². The summed E-state index contributed by atoms with van der Waals surface area (Å²) in [6.07, 6.45) is 4.58. The van der Waals surface area contributed by atoms with Crippen molar-refractivity contribution in [3.8, 4) is 0 Å². The molecular weight excluding hydrogens is 280 g/mol. The molecule has 7 nitrogen and oxygen atoms in total. The minimum Gasteiger partial charge on any atom is -0.345 e. The van der Waals surface area contributed by atoms with E-state index in [4.69, 9.17) is 0 Å². The Hall–Kier alpha value is -2.18. The van der Waals surface area contributed by atoms with Gasteiger partial charge in [-0.3, -0.25) is 9.48 Å². The molecule has 0 bridgehead atoms. The Kier molecular flexibility index (Phi) is 4.63. The highest BCUT2D eigenvalue weighted by atomic mass is 16.2. The molecule has 7 heteroatoms. The van der Waals surface area contributed by atoms with Crippen molar-refractivity contribution in [2.75, 3.05) is 0 Å². The molecule has 0 atom stereocenters. The molecule has 1 amide bonds. The van der Waals surface area contributed by atoms with E-state index >= 15 is 0 Å². The monoisotopic (exact) mass is 304 g/mol. The van der Waals surface area contributed by atoms with Crippen molar-refractivity contribution in [3.05, 3.63) is 29.6 Å². The van der Waals surface area contributed by atoms with Gasteiger partial charge in [-0.1, -0.05) is 6.92 Å². The molecule has 0 saturated carbocycles. The molecule has 2 aromatic rings. The number of nitrogens with one attached hydrogen (secondary N) is 1. The quantitative estimate of drug-likeness (QED) is 0.915. The van der Waals surface area contributed by atoms with E-state index in [1.165, 1.54) is 0 Å². The average molecular weight is 304 g/mol. The van der Waals surface area contributed by atoms with Gasteiger partial charge in [0.15, 0.2) is 0 Å². The molecule has 0 unspecified atom stereocenters. The number of carbonyl (C=O) groups excluding carboxylic acids is 1. The van der Waals surface area contributed by atoms with Gasteiger partial charge in [-0.2, -0.15) is 5.10 Å². The number of nitrogens with zero attached hydrogens (tertiary/aromatic N) is 5. The summed E-state index contributed by atoms with van der Waals surface area (Å²) in [5, 5.41) is 11.5. The second-order valence-electron chi connectivity index (χ2n) is 6.37. The zero-order valence-electron chi connectivity index (χ0n) is 13.9. The maximum Gasteiger partial charge on any atom is 0.291 e. The van der Waals surface area contributed by atoms with Crippen molar-refractivity contribution in [3.63, 3.8) is 0 Å². The van der Waals surface area contributed by atoms with Crippen LogP contribution >= 0.6 is 0 Å². The van der Waals surface area contributed by atoms with E-state index in [1.807, 2.05) is 38.6 Å². The van der Waals surface area contributed by atoms with Gasteiger partial charge in [0.05, 0.1) is 11.2 Å². The van der Waals surface area contributed by atoms with Gasteiger partial charge in [0.2, 0.25) is 5.82 Å². The smallest absolute Gasteiger partial charge is 0.291 e. The van der Waals surface area contributed by atoms with E-state index in [1.54, 1.807) is 11.0 Å². The van der Waals surface area contributed by atoms with Crippen LogP contribution in [0.4, 0.5) is 0 Å². The fourth-order valence-electron chi connectivity index (χ4n) is 2.02. The third kappa shape index (κ3) is 3.72. The van der Waals surface area contributed by atoms with Gasteiger partial charge in [0.1, 0.15) is 6.33 Å². The number of rotatable bonds is 5. The van der Waals surface area contributed by atoms with Crippen LogP contribution in [0, 0.1) is 6.92 Å². The fraction of sp³-hybridized carbons (Fsp3) is 0.600. The van der Waals surface area contributed by atoms with Gasteiger partial charge in [0.25, 0.3) is 5.91 Å². The Morgan fingerprint density at radius 2 is 2.05 bits per heavy atom. The van der Waals surface area contributed by atoms with E-state index in [-0.39, 0.29) is 17.3 Å². The van der Waals surface area contributed by atoms with Crippen molar-refractivity contribution in [1.29, 1.82) is 0 Å². The summed E-state index contributed by atoms with van der Waals surface area (Å²) in [5.74, 6) is -0.0841. The summed E-state index contributed by atoms with van der Waals surface area (Å²) in [5.41, 5.74) is 1.75. The van der Waals surface area contributed by atoms with Crippen LogP contribution in [0.25, 0.3) is 0 Å². The maximum absolute atomic E-state index is 12.1. The van der Waals surface area contributed by atoms with Crippen molar-refractivity contribution in [2.45, 2.75) is 59.7 Å². The number of amides is 1. The summed E-state index contributed by atoms with van der Waals surface area (Å²) < 4.78 is 3.59. The Labute approximate surface area is 130 Å². The highest BCUT2D eigenvalue weighted by Crippen LogP contribution is 2.11. The summed E-state index contributed by atoms with van der Waals surface area (Å²) in [7, 11) is 0. The maximum atomic E-state index is 12.1. The largest absolute Gasteiger partial charge is 0.345 e. The molecule has 22 heavy (non-hydrogen) atoms. The van der Waals surface area contributed by atoms with E-state index in [2.05, 4.69) is 27.4 Å². The minimum atomic E-state index is -0.273. The first kappa shape index (κ1) is 16.2. The Bertz CT molecular complexity index is 649. The molecule has 120 valence electrons. The fourth-order valence-corrected chi connectivity index (χ4v) is 2.02. The normalized spacial score (nSPS) is 11.7. The molecule has 2 aromatic heterocycles. The van der Waals surface area contributed by atoms with Crippen molar-refractivity contribution in [2.24, 2.45) is 0 Å². The SMILES string of the molecule is CCCn1cc(CNC(=O)c2ncn(C(C)(C)C)n2)c(C)n1. The number of aryl methyl sites for hydroxylation is 2. The standard InChI is InChI=1S/C15H24N6O/c1-6-7-20-9-12(11(2)18-20)8-16-14(22)13-17-10-21(19-13)15(3,4)5/h9-10H,6-8H2,1-5H3,(H,16,22). The second-order valence-corrected chi connectivity index (χ2v) is 6.37. The number of carbonyl (C=O) groups is 1. The molecule has 0 aliphatic heterocycles. The number of aromatic nitrogens is 5. The summed E-state index contributed by atoms with van der Waals surface area (Å²) >= 11 is 0. The predicted octanol–water partition coefficient (Wildman–Crippen LogP) is 1.88. The lowest BCUT2D eigenvalue weighted by Gasteiger charge is -2.17. The van der Waals surface area contributed by atoms with E-state index in [0.717, 1.165) is 24.2 Å². The molecular formula is C15H24N6O. The second kappa shape index (κ2) is 6.29. The first-order valence-corrected chi connectivity index (χ1v) is 7.54. The Balaban J connectivity index is 1.99. The van der Waals surface area contributed by atoms with E-state index < -0.39 is 0 Å². The van der Waals surface area contributed by atoms with Gasteiger partial charge >= 0.3 is 0 Å². The molecule has 2 rings (SSSR count). The lowest BCUT2D eigenvalue weighted by molar-refractivity contribution is 0.0939. The highest BCUT2D eigenvalue weighted by molar-refractivity contribution is 5.90. The Morgan fingerprint density at radius 1 is 1.32 bits per heavy atom. The van der Waals surface area contributed by atoms with Crippen LogP contribution in [0.2, 0.25) is 0 Å². The highest BCUT2D eigenvalue weighted by Gasteiger charge is 2.18. The van der Waals surface area contributed by atoms with Crippen molar-refractivity contribution in [1.82, 2.24) is 29.9 Å². The lowest BCUT2D eigenvalue weighted by atomic mass is 10.1. The van der Waals surface area contributed by atoms with Crippen LogP contribution in [-0.2, 0) is 18.6 Å². The van der Waals surface area contributed by atoms with E-state index in [9.17, 15) is 4.79 Å². The topological polar surface area (TPSA) is 77.6 Å². The molecule has 0 aromatic carbocycles. The molecule has 0 saturated heterocycles. The van der Waals surface area contributed by atoms with Crippen molar-refractivity contribution >= 4 is 5.91 Å². The van der Waals surface area contributed by atoms with Crippen LogP contribution in [0.1, 0.15) is 56.0 Å². The third-order valence-corrected chi connectivity index (χ3v) is 3.32. The minimum absolute atomic E-state index is 0.188. The van der Waals surface area contributed by atoms with Crippen molar-refractivity contribution < 1.29 is 4.79 Å². The van der Waals surface area contributed by atoms with Gasteiger partial charge in [-0.05, 0) is 34.1 Å². The van der Waals surface area contributed by atoms with Gasteiger partial charge in [-0.15, -0.1) is 5.10 Å². The molecule has 2 heterocycles. The molecule has 0 aliphatic carbocycles. The van der Waals surface area contributed by atoms with Crippen LogP contribution < -0.4 is 5.32 Å². The third-order valence-electron chi connectivity index (χ3n) is 3.32. The molecule has 0 fully saturated rings. The first-order chi connectivity index (χ1) is 10.3. The summed E-state index contributed by atoms with van der Waals surface area (Å²) in [6.45, 7) is 11.4. The molecule has 0 radical (unpaired) electrons. The summed E-state index contributed by atoms with van der Waals surface area (Å²) in [4.78, 5) is 16.2. The van der Waals surface area contributed by atoms with Crippen LogP contribution in [-0.4, -0.2) is 30.5 Å². The lowest BCUT2D eigenvalue weighted by Crippen LogP contribution is -2.26. The van der Waals surface area contributed by atoms with Crippen LogP contribution in [0.5, 0.6) is 0 Å². The van der Waals surface area contributed by atoms with E-state index in [0.29, 0.717) is 6.54 Å². The molecule has 0 aliphatic rings. The first-order valence-electron chi connectivity index (χ1n) is 7.54. The Morgan fingerprint density at radius 3 is 2.64 bits per heavy atom. The predicted molar refractivity (Wildman–Crippen MR) is 83.4 cm³/mol. The van der Waals surface area contributed by atoms with Crippen LogP contribution in [0.15, 0.2) is 12.5 Å². The summed E-state index contributed by atoms with van der Waals surface area (Å²) in [6, 6.07) is 0. The molecule has 1 N–H and O–H groups in total. The van der Waals surface area contributed by atoms with Crippen LogP contribution in [0.3, 0.4) is 0 Å². The average Bonchev–Trinajstić information content (AvgIpc) is 3.03. The molecule has 0 spiro atoms. The van der Waals surface area contributed by atoms with Gasteiger partial charge in [-0.25, -0.2) is 9.67 Å².